The van der Waals surface area contributed by atoms with E-state index in [1.807, 2.05) is 37.4 Å². The van der Waals surface area contributed by atoms with Crippen molar-refractivity contribution in [2.24, 2.45) is 0 Å². The minimum atomic E-state index is -3.79. The molecule has 0 bridgehead atoms. The van der Waals surface area contributed by atoms with Gasteiger partial charge in [-0.1, -0.05) is 35.9 Å². The number of amides is 1. The molecule has 3 rings (SSSR count). The van der Waals surface area contributed by atoms with Crippen LogP contribution >= 0.6 is 23.4 Å². The van der Waals surface area contributed by atoms with Gasteiger partial charge in [0.05, 0.1) is 44.3 Å². The quantitative estimate of drug-likeness (QED) is 0.335. The SMILES string of the molecule is COc1cc(C(=O)NC(C)c2ccc(SC)cc2)c(N(Cc2ccc(Cl)cc2)S(C)(=O)=O)cc1OC. The average molecular weight is 549 g/mol. The largest absolute Gasteiger partial charge is 0.493 e. The van der Waals surface area contributed by atoms with E-state index in [9.17, 15) is 13.2 Å². The molecule has 1 unspecified atom stereocenters. The number of carbonyl (C=O) groups excluding carboxylic acids is 1. The molecule has 7 nitrogen and oxygen atoms in total. The molecule has 192 valence electrons. The Labute approximate surface area is 221 Å². The summed E-state index contributed by atoms with van der Waals surface area (Å²) < 4.78 is 37.9. The highest BCUT2D eigenvalue weighted by Gasteiger charge is 2.27. The molecule has 10 heteroatoms. The van der Waals surface area contributed by atoms with Crippen molar-refractivity contribution in [3.63, 3.8) is 0 Å². The summed E-state index contributed by atoms with van der Waals surface area (Å²) in [6.45, 7) is 1.87. The summed E-state index contributed by atoms with van der Waals surface area (Å²) >= 11 is 7.63. The smallest absolute Gasteiger partial charge is 0.254 e. The molecular formula is C26H29ClN2O5S2. The van der Waals surface area contributed by atoms with Gasteiger partial charge in [-0.3, -0.25) is 9.10 Å². The lowest BCUT2D eigenvalue weighted by atomic mass is 10.1. The van der Waals surface area contributed by atoms with Crippen LogP contribution in [0.5, 0.6) is 11.5 Å². The second kappa shape index (κ2) is 11.9. The maximum absolute atomic E-state index is 13.5. The normalized spacial score (nSPS) is 12.1. The highest BCUT2D eigenvalue weighted by molar-refractivity contribution is 7.98. The maximum atomic E-state index is 13.5. The number of rotatable bonds is 10. The molecule has 0 aliphatic rings. The Morgan fingerprint density at radius 3 is 2.14 bits per heavy atom. The number of anilines is 1. The molecule has 1 amide bonds. The molecule has 1 atom stereocenters. The third kappa shape index (κ3) is 6.66. The van der Waals surface area contributed by atoms with Gasteiger partial charge in [0.1, 0.15) is 0 Å². The molecule has 0 aliphatic heterocycles. The number of hydrogen-bond acceptors (Lipinski definition) is 6. The minimum absolute atomic E-state index is 0.00251. The van der Waals surface area contributed by atoms with E-state index in [-0.39, 0.29) is 23.8 Å². The Hall–Kier alpha value is -2.88. The van der Waals surface area contributed by atoms with Gasteiger partial charge in [0.15, 0.2) is 11.5 Å². The van der Waals surface area contributed by atoms with Gasteiger partial charge in [0, 0.05) is 16.0 Å². The number of methoxy groups -OCH3 is 2. The molecule has 3 aromatic carbocycles. The van der Waals surface area contributed by atoms with E-state index in [0.717, 1.165) is 16.7 Å². The van der Waals surface area contributed by atoms with Gasteiger partial charge in [-0.2, -0.15) is 0 Å². The molecular weight excluding hydrogens is 520 g/mol. The maximum Gasteiger partial charge on any atom is 0.254 e. The lowest BCUT2D eigenvalue weighted by Gasteiger charge is -2.26. The number of ether oxygens (including phenoxy) is 2. The van der Waals surface area contributed by atoms with Crippen LogP contribution in [0.2, 0.25) is 5.02 Å². The van der Waals surface area contributed by atoms with E-state index in [2.05, 4.69) is 5.32 Å². The first-order chi connectivity index (χ1) is 17.1. The van der Waals surface area contributed by atoms with E-state index in [0.29, 0.717) is 22.1 Å². The minimum Gasteiger partial charge on any atom is -0.493 e. The van der Waals surface area contributed by atoms with Crippen LogP contribution in [-0.4, -0.2) is 41.1 Å². The van der Waals surface area contributed by atoms with Crippen molar-refractivity contribution in [3.05, 3.63) is 82.4 Å². The number of thioether (sulfide) groups is 1. The van der Waals surface area contributed by atoms with Crippen molar-refractivity contribution in [3.8, 4) is 11.5 Å². The number of nitrogens with one attached hydrogen (secondary N) is 1. The number of sulfonamides is 1. The Balaban J connectivity index is 2.05. The van der Waals surface area contributed by atoms with Crippen molar-refractivity contribution < 1.29 is 22.7 Å². The Bertz CT molecular complexity index is 1310. The van der Waals surface area contributed by atoms with Crippen LogP contribution in [0.1, 0.15) is 34.5 Å². The van der Waals surface area contributed by atoms with Crippen molar-refractivity contribution in [1.29, 1.82) is 0 Å². The summed E-state index contributed by atoms with van der Waals surface area (Å²) in [7, 11) is -0.888. The summed E-state index contributed by atoms with van der Waals surface area (Å²) in [4.78, 5) is 14.6. The lowest BCUT2D eigenvalue weighted by Crippen LogP contribution is -2.33. The number of hydrogen-bond donors (Lipinski definition) is 1. The molecule has 0 radical (unpaired) electrons. The fourth-order valence-electron chi connectivity index (χ4n) is 3.64. The second-order valence-electron chi connectivity index (χ2n) is 8.09. The van der Waals surface area contributed by atoms with Crippen molar-refractivity contribution in [2.45, 2.75) is 24.4 Å². The summed E-state index contributed by atoms with van der Waals surface area (Å²) in [6, 6.07) is 17.4. The van der Waals surface area contributed by atoms with Crippen molar-refractivity contribution in [1.82, 2.24) is 5.32 Å². The lowest BCUT2D eigenvalue weighted by molar-refractivity contribution is 0.0940. The average Bonchev–Trinajstić information content (AvgIpc) is 2.86. The van der Waals surface area contributed by atoms with Crippen LogP contribution < -0.4 is 19.1 Å². The molecule has 0 spiro atoms. The first-order valence-electron chi connectivity index (χ1n) is 11.0. The van der Waals surface area contributed by atoms with Crippen LogP contribution in [-0.2, 0) is 16.6 Å². The predicted octanol–water partition coefficient (Wildman–Crippen LogP) is 5.54. The first kappa shape index (κ1) is 27.7. The Morgan fingerprint density at radius 1 is 1.03 bits per heavy atom. The molecule has 0 fully saturated rings. The molecule has 36 heavy (non-hydrogen) atoms. The number of halogens is 1. The molecule has 0 aliphatic carbocycles. The highest BCUT2D eigenvalue weighted by Crippen LogP contribution is 2.37. The van der Waals surface area contributed by atoms with Crippen LogP contribution in [0.15, 0.2) is 65.6 Å². The topological polar surface area (TPSA) is 84.9 Å². The predicted molar refractivity (Wildman–Crippen MR) is 146 cm³/mol. The van der Waals surface area contributed by atoms with Gasteiger partial charge in [-0.15, -0.1) is 11.8 Å². The van der Waals surface area contributed by atoms with E-state index in [1.54, 1.807) is 36.0 Å². The van der Waals surface area contributed by atoms with Crippen LogP contribution in [0.25, 0.3) is 0 Å². The highest BCUT2D eigenvalue weighted by atomic mass is 35.5. The van der Waals surface area contributed by atoms with Crippen LogP contribution in [0.3, 0.4) is 0 Å². The van der Waals surface area contributed by atoms with Crippen molar-refractivity contribution >= 4 is 45.0 Å². The van der Waals surface area contributed by atoms with E-state index in [4.69, 9.17) is 21.1 Å². The molecule has 0 aromatic heterocycles. The molecule has 3 aromatic rings. The first-order valence-corrected chi connectivity index (χ1v) is 14.5. The third-order valence-electron chi connectivity index (χ3n) is 5.62. The summed E-state index contributed by atoms with van der Waals surface area (Å²) in [5.41, 5.74) is 1.93. The monoisotopic (exact) mass is 548 g/mol. The summed E-state index contributed by atoms with van der Waals surface area (Å²) in [5.74, 6) is 0.162. The fraction of sp³-hybridized carbons (Fsp3) is 0.269. The van der Waals surface area contributed by atoms with Crippen molar-refractivity contribution in [2.75, 3.05) is 31.0 Å². The van der Waals surface area contributed by atoms with Gasteiger partial charge in [0.2, 0.25) is 10.0 Å². The molecule has 1 N–H and O–H groups in total. The van der Waals surface area contributed by atoms with Gasteiger partial charge in [0.25, 0.3) is 5.91 Å². The van der Waals surface area contributed by atoms with Gasteiger partial charge in [-0.25, -0.2) is 8.42 Å². The number of benzene rings is 3. The van der Waals surface area contributed by atoms with E-state index in [1.165, 1.54) is 30.7 Å². The third-order valence-corrected chi connectivity index (χ3v) is 7.74. The van der Waals surface area contributed by atoms with E-state index >= 15 is 0 Å². The molecule has 0 saturated carbocycles. The zero-order chi connectivity index (χ0) is 26.5. The van der Waals surface area contributed by atoms with Gasteiger partial charge in [-0.05, 0) is 54.6 Å². The van der Waals surface area contributed by atoms with Gasteiger partial charge >= 0.3 is 0 Å². The number of carbonyl (C=O) groups is 1. The Kier molecular flexibility index (Phi) is 9.16. The fourth-order valence-corrected chi connectivity index (χ4v) is 5.07. The Morgan fingerprint density at radius 2 is 1.61 bits per heavy atom. The summed E-state index contributed by atoms with van der Waals surface area (Å²) in [5, 5.41) is 3.51. The standard InChI is InChI=1S/C26H29ClN2O5S2/c1-17(19-8-12-21(35-4)13-9-19)28-26(30)22-14-24(33-2)25(34-3)15-23(22)29(36(5,31)32)16-18-6-10-20(27)11-7-18/h6-15,17H,16H2,1-5H3,(H,28,30). The van der Waals surface area contributed by atoms with Crippen LogP contribution in [0.4, 0.5) is 5.69 Å². The number of nitrogens with zero attached hydrogens (tertiary/aromatic N) is 1. The van der Waals surface area contributed by atoms with Gasteiger partial charge < -0.3 is 14.8 Å². The molecule has 0 heterocycles. The zero-order valence-electron chi connectivity index (χ0n) is 20.7. The van der Waals surface area contributed by atoms with Crippen LogP contribution in [0, 0.1) is 0 Å². The second-order valence-corrected chi connectivity index (χ2v) is 11.3. The van der Waals surface area contributed by atoms with E-state index < -0.39 is 15.9 Å². The zero-order valence-corrected chi connectivity index (χ0v) is 23.1. The molecule has 0 saturated heterocycles. The summed E-state index contributed by atoms with van der Waals surface area (Å²) in [6.07, 6.45) is 3.09.